The summed E-state index contributed by atoms with van der Waals surface area (Å²) in [5.74, 6) is 0. The minimum absolute atomic E-state index is 0.0101. The van der Waals surface area contributed by atoms with Crippen LogP contribution in [-0.4, -0.2) is 98.2 Å². The summed E-state index contributed by atoms with van der Waals surface area (Å²) < 4.78 is 57.8. The van der Waals surface area contributed by atoms with E-state index in [1.165, 1.54) is 0 Å². The molecule has 0 bridgehead atoms. The molecular weight excluding hydrogens is 979 g/mol. The molecule has 4 aliphatic rings. The number of fused-ring (bicyclic) bond motifs is 3. The Morgan fingerprint density at radius 3 is 1.84 bits per heavy atom. The van der Waals surface area contributed by atoms with Crippen LogP contribution in [0.5, 0.6) is 0 Å². The zero-order valence-electron chi connectivity index (χ0n) is 46.6. The predicted molar refractivity (Wildman–Crippen MR) is 296 cm³/mol. The first kappa shape index (κ1) is 60.0. The number of hydrogen-bond acceptors (Lipinski definition) is 8. The fourth-order valence-electron chi connectivity index (χ4n) is 13.0. The van der Waals surface area contributed by atoms with Gasteiger partial charge in [-0.2, -0.15) is 0 Å². The summed E-state index contributed by atoms with van der Waals surface area (Å²) in [7, 11) is -6.49. The van der Waals surface area contributed by atoms with Gasteiger partial charge in [0.2, 0.25) is 8.32 Å². The standard InChI is InChI=1S/C55H97Cl3O8Si3/c1-35(2)68(36(3)4,37(5)6)60-29-20-22-42-32-49(65-69(38(7)8,39(9)10)40(11)12)52-48(61-42)33-51-54(16,64-52)26-24-46-47(63-51)25-27-55(17,66-67(18,19)53(13,14)15)50(62-46)23-21-28-59-34-43-44(57)30-41(56)31-45(43)58/h25,27,30-31,35-40,42,46-52H,20-24,26,28-29,32-34H2,1-19H3/t42-,46+,47-,48-,49+,50-,51+,52-,54-,55+/m1/s1. The highest BCUT2D eigenvalue weighted by molar-refractivity contribution is 6.78. The van der Waals surface area contributed by atoms with E-state index in [-0.39, 0.29) is 53.9 Å². The van der Waals surface area contributed by atoms with Crippen LogP contribution in [-0.2, 0) is 43.6 Å². The highest BCUT2D eigenvalue weighted by Gasteiger charge is 2.58. The zero-order chi connectivity index (χ0) is 51.7. The third-order valence-corrected chi connectivity index (χ3v) is 35.2. The summed E-state index contributed by atoms with van der Waals surface area (Å²) in [5, 5.41) is 1.53. The van der Waals surface area contributed by atoms with Gasteiger partial charge in [-0.25, -0.2) is 0 Å². The Hall–Kier alpha value is 0.161. The van der Waals surface area contributed by atoms with Crippen molar-refractivity contribution in [1.29, 1.82) is 0 Å². The third kappa shape index (κ3) is 13.4. The van der Waals surface area contributed by atoms with E-state index >= 15 is 0 Å². The predicted octanol–water partition coefficient (Wildman–Crippen LogP) is 16.8. The maximum atomic E-state index is 7.78. The summed E-state index contributed by atoms with van der Waals surface area (Å²) in [5.41, 5.74) is 2.58. The van der Waals surface area contributed by atoms with E-state index in [9.17, 15) is 0 Å². The van der Waals surface area contributed by atoms with Crippen LogP contribution in [0.25, 0.3) is 0 Å². The van der Waals surface area contributed by atoms with Gasteiger partial charge in [-0.3, -0.25) is 0 Å². The van der Waals surface area contributed by atoms with E-state index in [0.29, 0.717) is 61.5 Å². The normalized spacial score (nSPS) is 30.6. The summed E-state index contributed by atoms with van der Waals surface area (Å²) in [4.78, 5) is 0. The van der Waals surface area contributed by atoms with Gasteiger partial charge in [0.05, 0.1) is 54.4 Å². The molecule has 398 valence electrons. The lowest BCUT2D eigenvalue weighted by atomic mass is 9.81. The Morgan fingerprint density at radius 2 is 1.29 bits per heavy atom. The summed E-state index contributed by atoms with van der Waals surface area (Å²) in [6.45, 7) is 46.1. The fraction of sp³-hybridized carbons (Fsp3) is 0.855. The van der Waals surface area contributed by atoms with Crippen LogP contribution in [0.1, 0.15) is 175 Å². The lowest BCUT2D eigenvalue weighted by Gasteiger charge is -2.55. The Morgan fingerprint density at radius 1 is 0.725 bits per heavy atom. The molecule has 4 heterocycles. The first-order valence-corrected chi connectivity index (χ1v) is 35.3. The molecule has 3 saturated heterocycles. The van der Waals surface area contributed by atoms with E-state index in [1.807, 2.05) is 0 Å². The van der Waals surface area contributed by atoms with Crippen molar-refractivity contribution >= 4 is 59.8 Å². The van der Waals surface area contributed by atoms with Gasteiger partial charge in [0.15, 0.2) is 16.6 Å². The van der Waals surface area contributed by atoms with Crippen LogP contribution in [0.4, 0.5) is 0 Å². The van der Waals surface area contributed by atoms with Crippen LogP contribution < -0.4 is 0 Å². The van der Waals surface area contributed by atoms with Crippen molar-refractivity contribution < 1.29 is 37.0 Å². The maximum Gasteiger partial charge on any atom is 0.200 e. The topological polar surface area (TPSA) is 73.8 Å². The Kier molecular flexibility index (Phi) is 20.9. The SMILES string of the molecule is CC(C)[Si](OCCC[C@@H]1C[C@H](O[Si](C(C)C)(C(C)C)C(C)C)[C@@H]2O[C@]3(C)CC[C@@H]4O[C@H](CCCOCc5c(Cl)cc(Cl)cc5Cl)[C@@](C)(O[Si](C)(C)C(C)(C)C)C=C[C@H]4O[C@H]3C[C@H]2O1)(C(C)C)C(C)C. The number of hydrogen-bond donors (Lipinski definition) is 0. The summed E-state index contributed by atoms with van der Waals surface area (Å²) in [6, 6.07) is 3.41. The van der Waals surface area contributed by atoms with Crippen LogP contribution in [0.3, 0.4) is 0 Å². The third-order valence-electron chi connectivity index (χ3n) is 17.5. The minimum Gasteiger partial charge on any atom is -0.416 e. The highest BCUT2D eigenvalue weighted by Crippen LogP contribution is 2.51. The smallest absolute Gasteiger partial charge is 0.200 e. The van der Waals surface area contributed by atoms with Crippen LogP contribution >= 0.6 is 34.8 Å². The first-order valence-electron chi connectivity index (χ1n) is 27.0. The van der Waals surface area contributed by atoms with E-state index in [4.69, 9.17) is 71.8 Å². The molecule has 5 rings (SSSR count). The Balaban J connectivity index is 1.39. The molecule has 10 atom stereocenters. The summed E-state index contributed by atoms with van der Waals surface area (Å²) >= 11 is 19.2. The molecule has 69 heavy (non-hydrogen) atoms. The van der Waals surface area contributed by atoms with E-state index in [0.717, 1.165) is 63.5 Å². The zero-order valence-corrected chi connectivity index (χ0v) is 51.8. The molecular formula is C55H97Cl3O8Si3. The molecule has 0 saturated carbocycles. The van der Waals surface area contributed by atoms with Crippen molar-refractivity contribution in [1.82, 2.24) is 0 Å². The van der Waals surface area contributed by atoms with Gasteiger partial charge in [-0.1, -0.05) is 151 Å². The van der Waals surface area contributed by atoms with Gasteiger partial charge in [-0.15, -0.1) is 0 Å². The Bertz CT molecular complexity index is 1770. The van der Waals surface area contributed by atoms with Crippen LogP contribution in [0.2, 0.25) is 66.4 Å². The first-order chi connectivity index (χ1) is 31.9. The molecule has 8 nitrogen and oxygen atoms in total. The fourth-order valence-corrected chi connectivity index (χ4v) is 26.6. The average Bonchev–Trinajstić information content (AvgIpc) is 3.43. The monoisotopic (exact) mass is 1070 g/mol. The molecule has 0 aromatic heterocycles. The maximum absolute atomic E-state index is 7.78. The number of benzene rings is 1. The van der Waals surface area contributed by atoms with Crippen molar-refractivity contribution in [2.24, 2.45) is 0 Å². The second-order valence-electron chi connectivity index (χ2n) is 25.2. The van der Waals surface area contributed by atoms with Crippen molar-refractivity contribution in [2.75, 3.05) is 13.2 Å². The lowest BCUT2D eigenvalue weighted by Crippen LogP contribution is -2.65. The molecule has 0 N–H and O–H groups in total. The van der Waals surface area contributed by atoms with Crippen LogP contribution in [0.15, 0.2) is 24.3 Å². The molecule has 0 aliphatic carbocycles. The summed E-state index contributed by atoms with van der Waals surface area (Å²) in [6.07, 6.45) is 9.88. The second-order valence-corrected chi connectivity index (χ2v) is 42.0. The molecule has 0 unspecified atom stereocenters. The van der Waals surface area contributed by atoms with Gasteiger partial charge < -0.3 is 37.0 Å². The molecule has 3 fully saturated rings. The largest absolute Gasteiger partial charge is 0.416 e. The van der Waals surface area contributed by atoms with Crippen molar-refractivity contribution in [3.05, 3.63) is 44.9 Å². The van der Waals surface area contributed by atoms with Crippen molar-refractivity contribution in [3.8, 4) is 0 Å². The molecule has 4 aliphatic heterocycles. The molecule has 0 radical (unpaired) electrons. The van der Waals surface area contributed by atoms with Crippen molar-refractivity contribution in [2.45, 2.75) is 287 Å². The van der Waals surface area contributed by atoms with E-state index in [2.05, 4.69) is 143 Å². The van der Waals surface area contributed by atoms with Gasteiger partial charge in [0, 0.05) is 46.7 Å². The lowest BCUT2D eigenvalue weighted by molar-refractivity contribution is -0.288. The number of halogens is 3. The quantitative estimate of drug-likeness (QED) is 0.0685. The molecule has 1 aromatic carbocycles. The average molecular weight is 1080 g/mol. The van der Waals surface area contributed by atoms with E-state index < -0.39 is 36.2 Å². The highest BCUT2D eigenvalue weighted by atomic mass is 35.5. The molecule has 1 aromatic rings. The second kappa shape index (κ2) is 24.0. The molecule has 0 amide bonds. The number of ether oxygens (including phenoxy) is 5. The van der Waals surface area contributed by atoms with E-state index in [1.54, 1.807) is 12.1 Å². The molecule has 0 spiro atoms. The van der Waals surface area contributed by atoms with Gasteiger partial charge in [0.25, 0.3) is 0 Å². The van der Waals surface area contributed by atoms with Gasteiger partial charge >= 0.3 is 0 Å². The molecule has 14 heteroatoms. The Labute approximate surface area is 439 Å². The van der Waals surface area contributed by atoms with Gasteiger partial charge in [0.1, 0.15) is 12.2 Å². The van der Waals surface area contributed by atoms with Crippen LogP contribution in [0, 0.1) is 0 Å². The van der Waals surface area contributed by atoms with Crippen molar-refractivity contribution in [3.63, 3.8) is 0 Å². The number of rotatable bonds is 21. The minimum atomic E-state index is -2.27. The van der Waals surface area contributed by atoms with Gasteiger partial charge in [-0.05, 0) is 116 Å².